The Balaban J connectivity index is 1.81. The van der Waals surface area contributed by atoms with Gasteiger partial charge in [-0.25, -0.2) is 4.98 Å². The zero-order chi connectivity index (χ0) is 28.5. The van der Waals surface area contributed by atoms with Crippen molar-refractivity contribution in [3.8, 4) is 11.3 Å². The molecule has 1 aliphatic rings. The maximum absolute atomic E-state index is 14.2. The molecular weight excluding hydrogens is 496 g/mol. The summed E-state index contributed by atoms with van der Waals surface area (Å²) in [5, 5.41) is 0. The highest BCUT2D eigenvalue weighted by molar-refractivity contribution is 5.87. The monoisotopic (exact) mass is 540 g/mol. The highest BCUT2D eigenvalue weighted by Crippen LogP contribution is 2.46. The van der Waals surface area contributed by atoms with Crippen LogP contribution in [0.2, 0.25) is 0 Å². The van der Waals surface area contributed by atoms with Gasteiger partial charge in [-0.3, -0.25) is 14.4 Å². The Labute approximate surface area is 232 Å². The van der Waals surface area contributed by atoms with Gasteiger partial charge < -0.3 is 18.8 Å². The highest BCUT2D eigenvalue weighted by Gasteiger charge is 2.46. The highest BCUT2D eigenvalue weighted by atomic mass is 16.6. The number of hydrogen-bond donors (Lipinski definition) is 0. The van der Waals surface area contributed by atoms with Gasteiger partial charge in [0.25, 0.3) is 0 Å². The average molecular weight is 541 g/mol. The summed E-state index contributed by atoms with van der Waals surface area (Å²) in [4.78, 5) is 45.9. The van der Waals surface area contributed by atoms with Gasteiger partial charge in [0.05, 0.1) is 24.1 Å². The van der Waals surface area contributed by atoms with E-state index in [2.05, 4.69) is 4.98 Å². The van der Waals surface area contributed by atoms with Gasteiger partial charge in [0.1, 0.15) is 12.1 Å². The summed E-state index contributed by atoms with van der Waals surface area (Å²) in [7, 11) is 0. The van der Waals surface area contributed by atoms with E-state index in [0.29, 0.717) is 43.8 Å². The van der Waals surface area contributed by atoms with Crippen LogP contribution in [0.3, 0.4) is 0 Å². The van der Waals surface area contributed by atoms with Crippen molar-refractivity contribution < 1.29 is 28.3 Å². The Morgan fingerprint density at radius 1 is 1.10 bits per heavy atom. The van der Waals surface area contributed by atoms with Crippen molar-refractivity contribution in [2.45, 2.75) is 91.6 Å². The molecule has 0 radical (unpaired) electrons. The van der Waals surface area contributed by atoms with Crippen molar-refractivity contribution in [1.29, 1.82) is 0 Å². The summed E-state index contributed by atoms with van der Waals surface area (Å²) in [6, 6.07) is 9.69. The quantitative estimate of drug-likeness (QED) is 0.288. The molecule has 3 rings (SSSR count). The molecule has 39 heavy (non-hydrogen) atoms. The first-order valence-corrected chi connectivity index (χ1v) is 14.2. The van der Waals surface area contributed by atoms with Gasteiger partial charge in [-0.15, -0.1) is 0 Å². The van der Waals surface area contributed by atoms with E-state index < -0.39 is 17.0 Å². The number of hydrogen-bond acceptors (Lipinski definition) is 7. The third-order valence-electron chi connectivity index (χ3n) is 7.15. The van der Waals surface area contributed by atoms with Gasteiger partial charge in [0.2, 0.25) is 5.91 Å². The van der Waals surface area contributed by atoms with Crippen molar-refractivity contribution in [2.75, 3.05) is 19.7 Å². The van der Waals surface area contributed by atoms with Crippen molar-refractivity contribution in [3.63, 3.8) is 0 Å². The van der Waals surface area contributed by atoms with E-state index in [1.807, 2.05) is 58.0 Å². The van der Waals surface area contributed by atoms with E-state index in [1.54, 1.807) is 18.0 Å². The largest absolute Gasteiger partial charge is 0.465 e. The number of amides is 1. The number of nitrogens with zero attached hydrogens (tertiary/aromatic N) is 2. The summed E-state index contributed by atoms with van der Waals surface area (Å²) in [6.45, 7) is 9.71. The number of ether oxygens (including phenoxy) is 2. The molecule has 1 fully saturated rings. The molecule has 0 unspecified atom stereocenters. The summed E-state index contributed by atoms with van der Waals surface area (Å²) in [5.41, 5.74) is -0.389. The molecule has 1 aliphatic carbocycles. The first-order chi connectivity index (χ1) is 18.6. The molecule has 0 spiro atoms. The van der Waals surface area contributed by atoms with Crippen LogP contribution in [-0.4, -0.2) is 53.0 Å². The summed E-state index contributed by atoms with van der Waals surface area (Å²) in [5.74, 6) is -0.0369. The molecule has 1 amide bonds. The van der Waals surface area contributed by atoms with E-state index in [-0.39, 0.29) is 37.5 Å². The number of esters is 2. The standard InChI is InChI=1S/C31H44N2O6/c1-6-13-24(28(35)39-30(3,4)5)20-31(17-11-12-18-31)29(36)33(22-27(34)37-7-2)19-16-26-32-21-25(38-26)23-14-9-8-10-15-23/h8-10,14-15,21,24H,6-7,11-13,16-20,22H2,1-5H3/t24-/m1/s1. The number of oxazole rings is 1. The van der Waals surface area contributed by atoms with Gasteiger partial charge in [-0.05, 0) is 53.4 Å². The number of benzene rings is 1. The maximum atomic E-state index is 14.2. The minimum Gasteiger partial charge on any atom is -0.465 e. The third-order valence-corrected chi connectivity index (χ3v) is 7.15. The summed E-state index contributed by atoms with van der Waals surface area (Å²) in [6.07, 6.45) is 7.12. The minimum absolute atomic E-state index is 0.104. The lowest BCUT2D eigenvalue weighted by Gasteiger charge is -2.36. The molecule has 8 heteroatoms. The van der Waals surface area contributed by atoms with Crippen LogP contribution in [0.25, 0.3) is 11.3 Å². The molecule has 1 atom stereocenters. The Morgan fingerprint density at radius 2 is 1.79 bits per heavy atom. The van der Waals surface area contributed by atoms with Crippen LogP contribution in [0, 0.1) is 11.3 Å². The Bertz CT molecular complexity index is 1080. The topological polar surface area (TPSA) is 98.9 Å². The van der Waals surface area contributed by atoms with Crippen LogP contribution in [0.5, 0.6) is 0 Å². The zero-order valence-corrected chi connectivity index (χ0v) is 24.2. The van der Waals surface area contributed by atoms with Crippen LogP contribution in [-0.2, 0) is 30.3 Å². The zero-order valence-electron chi connectivity index (χ0n) is 24.2. The first-order valence-electron chi connectivity index (χ1n) is 14.2. The molecule has 0 N–H and O–H groups in total. The molecule has 0 bridgehead atoms. The van der Waals surface area contributed by atoms with Gasteiger partial charge in [-0.1, -0.05) is 56.5 Å². The summed E-state index contributed by atoms with van der Waals surface area (Å²) >= 11 is 0. The number of carbonyl (C=O) groups is 3. The molecule has 1 heterocycles. The molecule has 0 aliphatic heterocycles. The molecule has 1 aromatic heterocycles. The van der Waals surface area contributed by atoms with Gasteiger partial charge in [0, 0.05) is 18.5 Å². The smallest absolute Gasteiger partial charge is 0.325 e. The Hall–Kier alpha value is -3.16. The second-order valence-corrected chi connectivity index (χ2v) is 11.5. The molecular formula is C31H44N2O6. The van der Waals surface area contributed by atoms with Crippen LogP contribution in [0.15, 0.2) is 40.9 Å². The Morgan fingerprint density at radius 3 is 2.41 bits per heavy atom. The predicted octanol–water partition coefficient (Wildman–Crippen LogP) is 5.98. The lowest BCUT2D eigenvalue weighted by molar-refractivity contribution is -0.163. The van der Waals surface area contributed by atoms with Crippen molar-refractivity contribution >= 4 is 17.8 Å². The van der Waals surface area contributed by atoms with Crippen LogP contribution in [0.1, 0.15) is 85.5 Å². The van der Waals surface area contributed by atoms with E-state index in [0.717, 1.165) is 24.8 Å². The van der Waals surface area contributed by atoms with Crippen LogP contribution < -0.4 is 0 Å². The van der Waals surface area contributed by atoms with Crippen molar-refractivity contribution in [3.05, 3.63) is 42.4 Å². The molecule has 214 valence electrons. The van der Waals surface area contributed by atoms with Crippen molar-refractivity contribution in [1.82, 2.24) is 9.88 Å². The van der Waals surface area contributed by atoms with Gasteiger partial charge in [-0.2, -0.15) is 0 Å². The fourth-order valence-corrected chi connectivity index (χ4v) is 5.41. The van der Waals surface area contributed by atoms with Crippen molar-refractivity contribution in [2.24, 2.45) is 11.3 Å². The van der Waals surface area contributed by atoms with Gasteiger partial charge >= 0.3 is 11.9 Å². The SMILES string of the molecule is CCC[C@H](CC1(C(=O)N(CCc2ncc(-c3ccccc3)o2)CC(=O)OCC)CCCC1)C(=O)OC(C)(C)C. The van der Waals surface area contributed by atoms with E-state index in [1.165, 1.54) is 0 Å². The van der Waals surface area contributed by atoms with Gasteiger partial charge in [0.15, 0.2) is 11.7 Å². The molecule has 2 aromatic rings. The third kappa shape index (κ3) is 8.67. The number of rotatable bonds is 13. The number of carbonyl (C=O) groups excluding carboxylic acids is 3. The summed E-state index contributed by atoms with van der Waals surface area (Å²) < 4.78 is 16.9. The average Bonchev–Trinajstić information content (AvgIpc) is 3.56. The van der Waals surface area contributed by atoms with Crippen LogP contribution in [0.4, 0.5) is 0 Å². The maximum Gasteiger partial charge on any atom is 0.325 e. The first kappa shape index (κ1) is 30.4. The fourth-order valence-electron chi connectivity index (χ4n) is 5.41. The second kappa shape index (κ2) is 13.8. The minimum atomic E-state index is -0.713. The normalized spacial score (nSPS) is 15.5. The van der Waals surface area contributed by atoms with E-state index in [4.69, 9.17) is 13.9 Å². The molecule has 1 aromatic carbocycles. The fraction of sp³-hybridized carbons (Fsp3) is 0.613. The van der Waals surface area contributed by atoms with E-state index in [9.17, 15) is 14.4 Å². The Kier molecular flexibility index (Phi) is 10.7. The van der Waals surface area contributed by atoms with E-state index >= 15 is 0 Å². The molecule has 8 nitrogen and oxygen atoms in total. The lowest BCUT2D eigenvalue weighted by atomic mass is 9.75. The lowest BCUT2D eigenvalue weighted by Crippen LogP contribution is -2.47. The molecule has 0 saturated heterocycles. The molecule has 1 saturated carbocycles. The van der Waals surface area contributed by atoms with Crippen LogP contribution >= 0.6 is 0 Å². The number of aromatic nitrogens is 1. The second-order valence-electron chi connectivity index (χ2n) is 11.5. The predicted molar refractivity (Wildman–Crippen MR) is 149 cm³/mol.